The van der Waals surface area contributed by atoms with Crippen LogP contribution in [0.4, 0.5) is 0 Å². The highest BCUT2D eigenvalue weighted by atomic mass is 32.2. The zero-order valence-corrected chi connectivity index (χ0v) is 9.31. The summed E-state index contributed by atoms with van der Waals surface area (Å²) >= 11 is 0. The molecular weight excluding hydrogens is 212 g/mol. The minimum atomic E-state index is -3.05. The van der Waals surface area contributed by atoms with Crippen LogP contribution >= 0.6 is 0 Å². The van der Waals surface area contributed by atoms with Gasteiger partial charge in [-0.15, -0.1) is 0 Å². The first kappa shape index (κ1) is 10.6. The van der Waals surface area contributed by atoms with Gasteiger partial charge < -0.3 is 5.11 Å². The van der Waals surface area contributed by atoms with E-state index >= 15 is 0 Å². The van der Waals surface area contributed by atoms with Gasteiger partial charge >= 0.3 is 0 Å². The Balaban J connectivity index is 2.27. The van der Waals surface area contributed by atoms with E-state index in [1.807, 2.05) is 30.3 Å². The van der Waals surface area contributed by atoms with Crippen molar-refractivity contribution in [3.8, 4) is 0 Å². The van der Waals surface area contributed by atoms with E-state index in [4.69, 9.17) is 5.11 Å². The molecule has 1 fully saturated rings. The summed E-state index contributed by atoms with van der Waals surface area (Å²) < 4.78 is 22.9. The van der Waals surface area contributed by atoms with Crippen molar-refractivity contribution >= 4 is 9.84 Å². The molecule has 0 aliphatic heterocycles. The lowest BCUT2D eigenvalue weighted by Gasteiger charge is -1.97. The number of rotatable bonds is 3. The third kappa shape index (κ3) is 1.92. The van der Waals surface area contributed by atoms with Gasteiger partial charge in [0.15, 0.2) is 9.84 Å². The summed E-state index contributed by atoms with van der Waals surface area (Å²) in [6, 6.07) is 9.51. The average Bonchev–Trinajstić information content (AvgIpc) is 2.92. The Morgan fingerprint density at radius 1 is 1.27 bits per heavy atom. The molecule has 1 aliphatic carbocycles. The maximum absolute atomic E-state index is 11.4. The fourth-order valence-corrected chi connectivity index (χ4v) is 3.95. The van der Waals surface area contributed by atoms with Gasteiger partial charge in [-0.25, -0.2) is 8.42 Å². The molecule has 0 aromatic heterocycles. The zero-order chi connectivity index (χ0) is 11.1. The molecular formula is C11H14O3S. The minimum absolute atomic E-state index is 0.0220. The predicted octanol–water partition coefficient (Wildman–Crippen LogP) is 0.805. The van der Waals surface area contributed by atoms with E-state index < -0.39 is 15.1 Å². The van der Waals surface area contributed by atoms with Gasteiger partial charge in [0.2, 0.25) is 0 Å². The van der Waals surface area contributed by atoms with Crippen LogP contribution in [0.1, 0.15) is 11.5 Å². The summed E-state index contributed by atoms with van der Waals surface area (Å²) in [4.78, 5) is 0. The minimum Gasteiger partial charge on any atom is -0.396 e. The molecule has 0 heterocycles. The Morgan fingerprint density at radius 3 is 2.27 bits per heavy atom. The van der Waals surface area contributed by atoms with Crippen molar-refractivity contribution in [2.75, 3.05) is 12.9 Å². The molecule has 1 aromatic rings. The van der Waals surface area contributed by atoms with Crippen LogP contribution in [-0.4, -0.2) is 31.6 Å². The van der Waals surface area contributed by atoms with Crippen molar-refractivity contribution < 1.29 is 13.5 Å². The van der Waals surface area contributed by atoms with Crippen LogP contribution in [0, 0.1) is 5.92 Å². The molecule has 0 spiro atoms. The lowest BCUT2D eigenvalue weighted by molar-refractivity contribution is 0.274. The molecule has 0 unspecified atom stereocenters. The standard InChI is InChI=1S/C11H14O3S/c1-15(13,14)11-9(7-12)10(11)8-5-3-2-4-6-8/h2-6,9-12H,7H2,1H3/t9-,10+,11+/m1/s1. The monoisotopic (exact) mass is 226 g/mol. The van der Waals surface area contributed by atoms with E-state index in [1.165, 1.54) is 6.26 Å². The van der Waals surface area contributed by atoms with Crippen molar-refractivity contribution in [3.05, 3.63) is 35.9 Å². The normalized spacial score (nSPS) is 30.1. The molecule has 1 aliphatic rings. The molecule has 4 heteroatoms. The predicted molar refractivity (Wildman–Crippen MR) is 58.4 cm³/mol. The van der Waals surface area contributed by atoms with E-state index in [9.17, 15) is 8.42 Å². The van der Waals surface area contributed by atoms with Gasteiger partial charge in [0.1, 0.15) is 0 Å². The molecule has 1 N–H and O–H groups in total. The van der Waals surface area contributed by atoms with Crippen LogP contribution < -0.4 is 0 Å². The highest BCUT2D eigenvalue weighted by Crippen LogP contribution is 2.51. The highest BCUT2D eigenvalue weighted by molar-refractivity contribution is 7.91. The maximum atomic E-state index is 11.4. The van der Waals surface area contributed by atoms with E-state index in [1.54, 1.807) is 0 Å². The number of benzene rings is 1. The summed E-state index contributed by atoms with van der Waals surface area (Å²) in [5.74, 6) is -0.145. The molecule has 1 aromatic carbocycles. The summed E-state index contributed by atoms with van der Waals surface area (Å²) in [6.45, 7) is -0.0582. The Morgan fingerprint density at radius 2 is 1.87 bits per heavy atom. The molecule has 0 saturated heterocycles. The quantitative estimate of drug-likeness (QED) is 0.829. The van der Waals surface area contributed by atoms with Gasteiger partial charge in [-0.05, 0) is 5.56 Å². The summed E-state index contributed by atoms with van der Waals surface area (Å²) in [6.07, 6.45) is 1.24. The average molecular weight is 226 g/mol. The SMILES string of the molecule is CS(=O)(=O)[C@H]1[C@H](CO)[C@@H]1c1ccccc1. The lowest BCUT2D eigenvalue weighted by atomic mass is 10.1. The Bertz CT molecular complexity index is 438. The first-order chi connectivity index (χ1) is 7.05. The first-order valence-electron chi connectivity index (χ1n) is 4.90. The second kappa shape index (κ2) is 3.61. The van der Waals surface area contributed by atoms with Crippen LogP contribution in [0.3, 0.4) is 0 Å². The van der Waals surface area contributed by atoms with Gasteiger partial charge in [0.25, 0.3) is 0 Å². The second-order valence-electron chi connectivity index (χ2n) is 4.08. The molecule has 2 rings (SSSR count). The summed E-state index contributed by atoms with van der Waals surface area (Å²) in [7, 11) is -3.05. The van der Waals surface area contributed by atoms with Gasteiger partial charge in [-0.1, -0.05) is 30.3 Å². The second-order valence-corrected chi connectivity index (χ2v) is 6.28. The van der Waals surface area contributed by atoms with Crippen molar-refractivity contribution in [1.82, 2.24) is 0 Å². The lowest BCUT2D eigenvalue weighted by Crippen LogP contribution is -2.07. The molecule has 0 radical (unpaired) electrons. The number of aliphatic hydroxyl groups is 1. The van der Waals surface area contributed by atoms with Crippen molar-refractivity contribution in [2.24, 2.45) is 5.92 Å². The van der Waals surface area contributed by atoms with E-state index in [0.717, 1.165) is 5.56 Å². The molecule has 1 saturated carbocycles. The van der Waals surface area contributed by atoms with Crippen LogP contribution in [0.15, 0.2) is 30.3 Å². The largest absolute Gasteiger partial charge is 0.396 e. The number of hydrogen-bond donors (Lipinski definition) is 1. The molecule has 3 atom stereocenters. The molecule has 0 amide bonds. The van der Waals surface area contributed by atoms with Crippen LogP contribution in [0.25, 0.3) is 0 Å². The maximum Gasteiger partial charge on any atom is 0.151 e. The highest BCUT2D eigenvalue weighted by Gasteiger charge is 2.56. The smallest absolute Gasteiger partial charge is 0.151 e. The van der Waals surface area contributed by atoms with E-state index in [2.05, 4.69) is 0 Å². The summed E-state index contributed by atoms with van der Waals surface area (Å²) in [5, 5.41) is 8.71. The Kier molecular flexibility index (Phi) is 2.56. The van der Waals surface area contributed by atoms with Crippen LogP contribution in [-0.2, 0) is 9.84 Å². The van der Waals surface area contributed by atoms with Gasteiger partial charge in [-0.3, -0.25) is 0 Å². The van der Waals surface area contributed by atoms with Crippen molar-refractivity contribution in [2.45, 2.75) is 11.2 Å². The van der Waals surface area contributed by atoms with Gasteiger partial charge in [-0.2, -0.15) is 0 Å². The van der Waals surface area contributed by atoms with Crippen molar-refractivity contribution in [1.29, 1.82) is 0 Å². The summed E-state index contributed by atoms with van der Waals surface area (Å²) in [5.41, 5.74) is 1.01. The van der Waals surface area contributed by atoms with Crippen LogP contribution in [0.5, 0.6) is 0 Å². The third-order valence-electron chi connectivity index (χ3n) is 2.99. The zero-order valence-electron chi connectivity index (χ0n) is 8.50. The fraction of sp³-hybridized carbons (Fsp3) is 0.455. The van der Waals surface area contributed by atoms with Crippen molar-refractivity contribution in [3.63, 3.8) is 0 Å². The number of sulfone groups is 1. The fourth-order valence-electron chi connectivity index (χ4n) is 2.26. The van der Waals surface area contributed by atoms with E-state index in [-0.39, 0.29) is 18.4 Å². The molecule has 3 nitrogen and oxygen atoms in total. The van der Waals surface area contributed by atoms with Gasteiger partial charge in [0.05, 0.1) is 5.25 Å². The first-order valence-corrected chi connectivity index (χ1v) is 6.86. The Labute approximate surface area is 89.7 Å². The van der Waals surface area contributed by atoms with E-state index in [0.29, 0.717) is 0 Å². The van der Waals surface area contributed by atoms with Gasteiger partial charge in [0, 0.05) is 24.7 Å². The Hall–Kier alpha value is -0.870. The molecule has 15 heavy (non-hydrogen) atoms. The third-order valence-corrected chi connectivity index (χ3v) is 4.62. The topological polar surface area (TPSA) is 54.4 Å². The number of aliphatic hydroxyl groups excluding tert-OH is 1. The number of hydrogen-bond acceptors (Lipinski definition) is 3. The molecule has 0 bridgehead atoms. The van der Waals surface area contributed by atoms with Crippen LogP contribution in [0.2, 0.25) is 0 Å². The molecule has 82 valence electrons.